The van der Waals surface area contributed by atoms with Gasteiger partial charge in [0.25, 0.3) is 10.0 Å². The van der Waals surface area contributed by atoms with Crippen molar-refractivity contribution < 1.29 is 8.42 Å². The predicted octanol–water partition coefficient (Wildman–Crippen LogP) is 0.535. The second-order valence-electron chi connectivity index (χ2n) is 1.41. The molecule has 0 aromatic rings. The molecule has 9 heavy (non-hydrogen) atoms. The van der Waals surface area contributed by atoms with Crippen LogP contribution in [0.25, 0.3) is 0 Å². The minimum Gasteiger partial charge on any atom is -0.278 e. The van der Waals surface area contributed by atoms with E-state index in [0.29, 0.717) is 0 Å². The summed E-state index contributed by atoms with van der Waals surface area (Å²) in [6.45, 7) is 6.40. The Balaban J connectivity index is 4.54. The maximum atomic E-state index is 10.7. The molecule has 0 atom stereocenters. The van der Waals surface area contributed by atoms with Gasteiger partial charge >= 0.3 is 0 Å². The molecule has 4 heteroatoms. The highest BCUT2D eigenvalue weighted by Gasteiger charge is 2.05. The summed E-state index contributed by atoms with van der Waals surface area (Å²) >= 11 is 0. The van der Waals surface area contributed by atoms with Gasteiger partial charge in [0.15, 0.2) is 0 Å². The van der Waals surface area contributed by atoms with Crippen molar-refractivity contribution in [2.45, 2.75) is 0 Å². The number of hydrogen-bond acceptors (Lipinski definition) is 2. The van der Waals surface area contributed by atoms with Crippen molar-refractivity contribution >= 4 is 10.0 Å². The van der Waals surface area contributed by atoms with Crippen molar-refractivity contribution in [3.05, 3.63) is 24.8 Å². The molecule has 0 amide bonds. The summed E-state index contributed by atoms with van der Waals surface area (Å²) in [5, 5.41) is 0.870. The summed E-state index contributed by atoms with van der Waals surface area (Å²) in [4.78, 5) is 0. The van der Waals surface area contributed by atoms with Crippen LogP contribution in [-0.2, 0) is 10.0 Å². The maximum Gasteiger partial charge on any atom is 0.256 e. The standard InChI is InChI=1S/C5H9NO2S/c1-4-6(3)9(7,8)5-2/h4-5H,1-2H2,3H3. The van der Waals surface area contributed by atoms with Gasteiger partial charge < -0.3 is 0 Å². The smallest absolute Gasteiger partial charge is 0.256 e. The Morgan fingerprint density at radius 3 is 2.00 bits per heavy atom. The van der Waals surface area contributed by atoms with Gasteiger partial charge in [-0.2, -0.15) is 0 Å². The fourth-order valence-electron chi connectivity index (χ4n) is 0.221. The molecule has 0 aromatic heterocycles. The van der Waals surface area contributed by atoms with Gasteiger partial charge in [0.1, 0.15) is 0 Å². The van der Waals surface area contributed by atoms with Crippen molar-refractivity contribution in [3.8, 4) is 0 Å². The molecule has 0 radical (unpaired) electrons. The highest BCUT2D eigenvalue weighted by atomic mass is 32.2. The van der Waals surface area contributed by atoms with Crippen molar-refractivity contribution in [1.82, 2.24) is 4.31 Å². The second kappa shape index (κ2) is 2.68. The molecule has 0 saturated carbocycles. The molecule has 52 valence electrons. The Hall–Kier alpha value is -0.770. The Morgan fingerprint density at radius 2 is 1.89 bits per heavy atom. The lowest BCUT2D eigenvalue weighted by molar-refractivity contribution is 0.550. The topological polar surface area (TPSA) is 37.4 Å². The first kappa shape index (κ1) is 8.23. The summed E-state index contributed by atoms with van der Waals surface area (Å²) < 4.78 is 22.3. The third kappa shape index (κ3) is 1.89. The first-order valence-corrected chi connectivity index (χ1v) is 3.78. The fraction of sp³-hybridized carbons (Fsp3) is 0.200. The molecular formula is C5H9NO2S. The zero-order valence-corrected chi connectivity index (χ0v) is 6.06. The average molecular weight is 147 g/mol. The number of nitrogens with zero attached hydrogens (tertiary/aromatic N) is 1. The van der Waals surface area contributed by atoms with Crippen LogP contribution in [0.4, 0.5) is 0 Å². The average Bonchev–Trinajstić information content (AvgIpc) is 1.86. The van der Waals surface area contributed by atoms with Crippen LogP contribution in [-0.4, -0.2) is 19.8 Å². The Labute approximate surface area is 55.3 Å². The van der Waals surface area contributed by atoms with Crippen LogP contribution in [0.2, 0.25) is 0 Å². The monoisotopic (exact) mass is 147 g/mol. The number of sulfonamides is 1. The van der Waals surface area contributed by atoms with E-state index in [9.17, 15) is 8.42 Å². The predicted molar refractivity (Wildman–Crippen MR) is 37.1 cm³/mol. The largest absolute Gasteiger partial charge is 0.278 e. The summed E-state index contributed by atoms with van der Waals surface area (Å²) in [5.74, 6) is 0. The fourth-order valence-corrected chi connectivity index (χ4v) is 0.664. The molecule has 0 aromatic carbocycles. The molecule has 3 nitrogen and oxygen atoms in total. The SMILES string of the molecule is C=CN(C)S(=O)(=O)C=C. The maximum absolute atomic E-state index is 10.7. The molecule has 0 aliphatic heterocycles. The van der Waals surface area contributed by atoms with E-state index in [1.165, 1.54) is 13.2 Å². The molecule has 0 saturated heterocycles. The van der Waals surface area contributed by atoms with Crippen LogP contribution in [0.5, 0.6) is 0 Å². The molecule has 0 heterocycles. The molecular weight excluding hydrogens is 138 g/mol. The first-order chi connectivity index (χ1) is 4.04. The van der Waals surface area contributed by atoms with Crippen LogP contribution in [0, 0.1) is 0 Å². The van der Waals surface area contributed by atoms with Crippen LogP contribution >= 0.6 is 0 Å². The molecule has 0 spiro atoms. The first-order valence-electron chi connectivity index (χ1n) is 2.27. The highest BCUT2D eigenvalue weighted by molar-refractivity contribution is 7.92. The normalized spacial score (nSPS) is 10.3. The zero-order valence-electron chi connectivity index (χ0n) is 5.24. The molecule has 0 fully saturated rings. The van der Waals surface area contributed by atoms with Crippen molar-refractivity contribution in [2.75, 3.05) is 7.05 Å². The third-order valence-electron chi connectivity index (χ3n) is 0.869. The van der Waals surface area contributed by atoms with E-state index in [0.717, 1.165) is 9.71 Å². The van der Waals surface area contributed by atoms with Crippen LogP contribution < -0.4 is 0 Å². The second-order valence-corrected chi connectivity index (χ2v) is 3.35. The third-order valence-corrected chi connectivity index (χ3v) is 2.24. The van der Waals surface area contributed by atoms with E-state index in [4.69, 9.17) is 0 Å². The van der Waals surface area contributed by atoms with Crippen molar-refractivity contribution in [1.29, 1.82) is 0 Å². The Kier molecular flexibility index (Phi) is 2.45. The molecule has 0 rings (SSSR count). The highest BCUT2D eigenvalue weighted by Crippen LogP contribution is 1.96. The van der Waals surface area contributed by atoms with Gasteiger partial charge in [-0.15, -0.1) is 0 Å². The minimum absolute atomic E-state index is 0.870. The summed E-state index contributed by atoms with van der Waals surface area (Å²) in [5.41, 5.74) is 0. The number of rotatable bonds is 3. The number of hydrogen-bond donors (Lipinski definition) is 0. The summed E-state index contributed by atoms with van der Waals surface area (Å²) in [7, 11) is -1.88. The zero-order chi connectivity index (χ0) is 7.49. The van der Waals surface area contributed by atoms with Crippen LogP contribution in [0.3, 0.4) is 0 Å². The van der Waals surface area contributed by atoms with Crippen molar-refractivity contribution in [3.63, 3.8) is 0 Å². The van der Waals surface area contributed by atoms with Crippen LogP contribution in [0.1, 0.15) is 0 Å². The molecule has 0 unspecified atom stereocenters. The Bertz CT molecular complexity index is 205. The van der Waals surface area contributed by atoms with E-state index >= 15 is 0 Å². The summed E-state index contributed by atoms with van der Waals surface area (Å²) in [6.07, 6.45) is 1.21. The molecule has 0 aliphatic rings. The van der Waals surface area contributed by atoms with Gasteiger partial charge in [-0.05, 0) is 0 Å². The van der Waals surface area contributed by atoms with Gasteiger partial charge in [-0.3, -0.25) is 4.31 Å². The minimum atomic E-state index is -3.27. The summed E-state index contributed by atoms with van der Waals surface area (Å²) in [6, 6.07) is 0. The van der Waals surface area contributed by atoms with Gasteiger partial charge in [0.2, 0.25) is 0 Å². The van der Waals surface area contributed by atoms with E-state index in [2.05, 4.69) is 13.2 Å². The van der Waals surface area contributed by atoms with Crippen molar-refractivity contribution in [2.24, 2.45) is 0 Å². The molecule has 0 aliphatic carbocycles. The lowest BCUT2D eigenvalue weighted by Crippen LogP contribution is -2.17. The van der Waals surface area contributed by atoms with E-state index in [-0.39, 0.29) is 0 Å². The lowest BCUT2D eigenvalue weighted by Gasteiger charge is -2.08. The van der Waals surface area contributed by atoms with E-state index < -0.39 is 10.0 Å². The van der Waals surface area contributed by atoms with E-state index in [1.807, 2.05) is 0 Å². The van der Waals surface area contributed by atoms with Gasteiger partial charge in [0, 0.05) is 18.7 Å². The lowest BCUT2D eigenvalue weighted by atomic mass is 11.0. The molecule has 0 bridgehead atoms. The molecule has 0 N–H and O–H groups in total. The van der Waals surface area contributed by atoms with E-state index in [1.54, 1.807) is 0 Å². The quantitative estimate of drug-likeness (QED) is 0.584. The Morgan fingerprint density at radius 1 is 1.44 bits per heavy atom. The van der Waals surface area contributed by atoms with Gasteiger partial charge in [-0.25, -0.2) is 8.42 Å². The van der Waals surface area contributed by atoms with Crippen LogP contribution in [0.15, 0.2) is 24.8 Å². The van der Waals surface area contributed by atoms with Gasteiger partial charge in [-0.1, -0.05) is 13.2 Å². The van der Waals surface area contributed by atoms with Gasteiger partial charge in [0.05, 0.1) is 0 Å².